The Balaban J connectivity index is 2.06. The van der Waals surface area contributed by atoms with Crippen LogP contribution in [0.5, 0.6) is 0 Å². The smallest absolute Gasteiger partial charge is 0.266 e. The molecular weight excluding hydrogens is 275 g/mol. The first-order valence-corrected chi connectivity index (χ1v) is 6.25. The summed E-state index contributed by atoms with van der Waals surface area (Å²) in [6.45, 7) is 0. The molecule has 0 bridgehead atoms. The zero-order valence-corrected chi connectivity index (χ0v) is 10.6. The predicted octanol–water partition coefficient (Wildman–Crippen LogP) is 3.30. The van der Waals surface area contributed by atoms with E-state index in [-0.39, 0.29) is 16.5 Å². The molecule has 0 aliphatic rings. The van der Waals surface area contributed by atoms with Crippen molar-refractivity contribution in [3.8, 4) is 0 Å². The average molecular weight is 283 g/mol. The normalized spacial score (nSPS) is 10.8. The number of amides is 1. The third-order valence-electron chi connectivity index (χ3n) is 2.10. The van der Waals surface area contributed by atoms with Crippen molar-refractivity contribution < 1.29 is 9.18 Å². The average Bonchev–Trinajstić information content (AvgIpc) is 2.86. The van der Waals surface area contributed by atoms with E-state index in [1.807, 2.05) is 0 Å². The molecule has 0 fully saturated rings. The fraction of sp³-hybridized carbons (Fsp3) is 0. The van der Waals surface area contributed by atoms with Crippen LogP contribution in [0.3, 0.4) is 0 Å². The molecule has 0 atom stereocenters. The standard InChI is InChI=1S/C12H8ClFN2OS/c13-9-3-1-4-10(14)8(9)7-15-16-12(17)11-5-2-6-18-11/h1-7H,(H,16,17)/b15-7-. The van der Waals surface area contributed by atoms with Gasteiger partial charge < -0.3 is 0 Å². The number of benzene rings is 1. The molecule has 92 valence electrons. The minimum atomic E-state index is -0.489. The lowest BCUT2D eigenvalue weighted by atomic mass is 10.2. The summed E-state index contributed by atoms with van der Waals surface area (Å²) in [6.07, 6.45) is 1.18. The van der Waals surface area contributed by atoms with E-state index in [0.717, 1.165) is 0 Å². The van der Waals surface area contributed by atoms with Gasteiger partial charge in [-0.1, -0.05) is 23.7 Å². The molecule has 0 aliphatic heterocycles. The van der Waals surface area contributed by atoms with Crippen LogP contribution in [0.1, 0.15) is 15.2 Å². The quantitative estimate of drug-likeness (QED) is 0.681. The van der Waals surface area contributed by atoms with E-state index in [1.54, 1.807) is 23.6 Å². The van der Waals surface area contributed by atoms with Crippen molar-refractivity contribution in [1.82, 2.24) is 5.43 Å². The Bertz CT molecular complexity index is 564. The molecule has 1 amide bonds. The zero-order chi connectivity index (χ0) is 13.0. The van der Waals surface area contributed by atoms with E-state index >= 15 is 0 Å². The van der Waals surface area contributed by atoms with Crippen LogP contribution in [-0.4, -0.2) is 12.1 Å². The summed E-state index contributed by atoms with van der Waals surface area (Å²) in [7, 11) is 0. The van der Waals surface area contributed by atoms with Gasteiger partial charge in [0.2, 0.25) is 0 Å². The van der Waals surface area contributed by atoms with Gasteiger partial charge in [0.05, 0.1) is 16.1 Å². The lowest BCUT2D eigenvalue weighted by molar-refractivity contribution is 0.0959. The lowest BCUT2D eigenvalue weighted by Crippen LogP contribution is -2.16. The first-order chi connectivity index (χ1) is 8.68. The van der Waals surface area contributed by atoms with Crippen LogP contribution in [-0.2, 0) is 0 Å². The molecule has 0 radical (unpaired) electrons. The summed E-state index contributed by atoms with van der Waals surface area (Å²) >= 11 is 7.10. The molecule has 2 rings (SSSR count). The van der Waals surface area contributed by atoms with Crippen LogP contribution in [0.2, 0.25) is 5.02 Å². The Morgan fingerprint density at radius 3 is 2.89 bits per heavy atom. The van der Waals surface area contributed by atoms with Gasteiger partial charge in [0.15, 0.2) is 0 Å². The van der Waals surface area contributed by atoms with Gasteiger partial charge in [0, 0.05) is 5.56 Å². The Morgan fingerprint density at radius 1 is 1.39 bits per heavy atom. The minimum Gasteiger partial charge on any atom is -0.266 e. The van der Waals surface area contributed by atoms with Gasteiger partial charge >= 0.3 is 0 Å². The Kier molecular flexibility index (Phi) is 4.07. The van der Waals surface area contributed by atoms with Crippen molar-refractivity contribution in [3.63, 3.8) is 0 Å². The van der Waals surface area contributed by atoms with Crippen LogP contribution >= 0.6 is 22.9 Å². The molecule has 6 heteroatoms. The highest BCUT2D eigenvalue weighted by Gasteiger charge is 2.06. The van der Waals surface area contributed by atoms with Gasteiger partial charge in [-0.15, -0.1) is 11.3 Å². The van der Waals surface area contributed by atoms with Gasteiger partial charge in [-0.25, -0.2) is 9.82 Å². The topological polar surface area (TPSA) is 41.5 Å². The van der Waals surface area contributed by atoms with E-state index in [9.17, 15) is 9.18 Å². The first kappa shape index (κ1) is 12.7. The van der Waals surface area contributed by atoms with E-state index in [2.05, 4.69) is 10.5 Å². The van der Waals surface area contributed by atoms with Gasteiger partial charge in [-0.05, 0) is 23.6 Å². The number of hydrogen-bond donors (Lipinski definition) is 1. The Hall–Kier alpha value is -1.72. The highest BCUT2D eigenvalue weighted by Crippen LogP contribution is 2.16. The number of hydrazone groups is 1. The molecule has 0 aliphatic carbocycles. The second kappa shape index (κ2) is 5.75. The van der Waals surface area contributed by atoms with Crippen LogP contribution in [0.25, 0.3) is 0 Å². The predicted molar refractivity (Wildman–Crippen MR) is 70.8 cm³/mol. The number of carbonyl (C=O) groups is 1. The van der Waals surface area contributed by atoms with E-state index in [0.29, 0.717) is 4.88 Å². The zero-order valence-electron chi connectivity index (χ0n) is 9.06. The van der Waals surface area contributed by atoms with Crippen molar-refractivity contribution in [3.05, 3.63) is 57.0 Å². The van der Waals surface area contributed by atoms with E-state index in [1.165, 1.54) is 29.7 Å². The molecule has 1 aromatic carbocycles. The summed E-state index contributed by atoms with van der Waals surface area (Å²) in [4.78, 5) is 12.1. The van der Waals surface area contributed by atoms with Gasteiger partial charge in [0.25, 0.3) is 5.91 Å². The maximum atomic E-state index is 13.4. The number of halogens is 2. The van der Waals surface area contributed by atoms with Crippen molar-refractivity contribution >= 4 is 35.1 Å². The monoisotopic (exact) mass is 282 g/mol. The Labute approximate surface area is 112 Å². The number of nitrogens with one attached hydrogen (secondary N) is 1. The molecule has 1 N–H and O–H groups in total. The van der Waals surface area contributed by atoms with Crippen molar-refractivity contribution in [1.29, 1.82) is 0 Å². The van der Waals surface area contributed by atoms with Crippen molar-refractivity contribution in [2.45, 2.75) is 0 Å². The van der Waals surface area contributed by atoms with Crippen LogP contribution in [0.4, 0.5) is 4.39 Å². The fourth-order valence-electron chi connectivity index (χ4n) is 1.25. The first-order valence-electron chi connectivity index (χ1n) is 4.99. The second-order valence-corrected chi connectivity index (χ2v) is 4.67. The summed E-state index contributed by atoms with van der Waals surface area (Å²) in [5.41, 5.74) is 2.45. The van der Waals surface area contributed by atoms with Crippen LogP contribution in [0.15, 0.2) is 40.8 Å². The molecular formula is C12H8ClFN2OS. The molecule has 18 heavy (non-hydrogen) atoms. The maximum Gasteiger partial charge on any atom is 0.281 e. The van der Waals surface area contributed by atoms with Crippen molar-refractivity contribution in [2.24, 2.45) is 5.10 Å². The molecule has 0 unspecified atom stereocenters. The summed E-state index contributed by atoms with van der Waals surface area (Å²) in [5.74, 6) is -0.828. The highest BCUT2D eigenvalue weighted by atomic mass is 35.5. The lowest BCUT2D eigenvalue weighted by Gasteiger charge is -1.99. The fourth-order valence-corrected chi connectivity index (χ4v) is 2.08. The number of hydrogen-bond acceptors (Lipinski definition) is 3. The van der Waals surface area contributed by atoms with E-state index < -0.39 is 5.82 Å². The molecule has 3 nitrogen and oxygen atoms in total. The highest BCUT2D eigenvalue weighted by molar-refractivity contribution is 7.12. The van der Waals surface area contributed by atoms with Gasteiger partial charge in [-0.2, -0.15) is 5.10 Å². The molecule has 0 saturated heterocycles. The molecule has 1 aromatic heterocycles. The summed E-state index contributed by atoms with van der Waals surface area (Å²) < 4.78 is 13.4. The summed E-state index contributed by atoms with van der Waals surface area (Å²) in [5, 5.41) is 5.70. The molecule has 2 aromatic rings. The van der Waals surface area contributed by atoms with E-state index in [4.69, 9.17) is 11.6 Å². The number of rotatable bonds is 3. The van der Waals surface area contributed by atoms with Crippen LogP contribution in [0, 0.1) is 5.82 Å². The SMILES string of the molecule is O=C(N/N=C\c1c(F)cccc1Cl)c1cccs1. The maximum absolute atomic E-state index is 13.4. The number of carbonyl (C=O) groups excluding carboxylic acids is 1. The number of thiophene rings is 1. The molecule has 1 heterocycles. The van der Waals surface area contributed by atoms with Gasteiger partial charge in [-0.3, -0.25) is 4.79 Å². The number of nitrogens with zero attached hydrogens (tertiary/aromatic N) is 1. The van der Waals surface area contributed by atoms with Gasteiger partial charge in [0.1, 0.15) is 5.82 Å². The molecule has 0 saturated carbocycles. The van der Waals surface area contributed by atoms with Crippen molar-refractivity contribution in [2.75, 3.05) is 0 Å². The largest absolute Gasteiger partial charge is 0.281 e. The summed E-state index contributed by atoms with van der Waals surface area (Å²) in [6, 6.07) is 7.75. The third-order valence-corrected chi connectivity index (χ3v) is 3.30. The molecule has 0 spiro atoms. The van der Waals surface area contributed by atoms with Crippen LogP contribution < -0.4 is 5.43 Å². The third kappa shape index (κ3) is 2.94. The minimum absolute atomic E-state index is 0.144. The second-order valence-electron chi connectivity index (χ2n) is 3.31. The Morgan fingerprint density at radius 2 is 2.22 bits per heavy atom.